The van der Waals surface area contributed by atoms with Crippen LogP contribution in [0.15, 0.2) is 23.1 Å². The van der Waals surface area contributed by atoms with Crippen LogP contribution in [-0.2, 0) is 11.2 Å². The second-order valence-electron chi connectivity index (χ2n) is 6.36. The number of ether oxygens (including phenoxy) is 1. The lowest BCUT2D eigenvalue weighted by atomic mass is 10.0. The fraction of sp³-hybridized carbons (Fsp3) is 0.389. The van der Waals surface area contributed by atoms with Crippen LogP contribution in [0.2, 0.25) is 0 Å². The van der Waals surface area contributed by atoms with Crippen molar-refractivity contribution >= 4 is 27.8 Å². The zero-order valence-corrected chi connectivity index (χ0v) is 13.9. The average Bonchev–Trinajstić information content (AvgIpc) is 3.07. The van der Waals surface area contributed by atoms with Gasteiger partial charge in [0, 0.05) is 18.6 Å². The number of fused-ring (bicyclic) bond motifs is 3. The predicted molar refractivity (Wildman–Crippen MR) is 93.3 cm³/mol. The highest BCUT2D eigenvalue weighted by Gasteiger charge is 2.22. The van der Waals surface area contributed by atoms with Crippen molar-refractivity contribution in [3.63, 3.8) is 0 Å². The SMILES string of the molecule is CCc1cc2[nH]c(=O)c3cnn(C4CCOCC4)c3c2cc1C(=O)O. The molecule has 2 N–H and O–H groups in total. The Morgan fingerprint density at radius 2 is 2.12 bits per heavy atom. The first-order valence-electron chi connectivity index (χ1n) is 8.47. The van der Waals surface area contributed by atoms with Gasteiger partial charge >= 0.3 is 5.97 Å². The summed E-state index contributed by atoms with van der Waals surface area (Å²) < 4.78 is 7.28. The fourth-order valence-corrected chi connectivity index (χ4v) is 3.63. The van der Waals surface area contributed by atoms with E-state index in [0.717, 1.165) is 12.8 Å². The molecular formula is C18H19N3O4. The third kappa shape index (κ3) is 2.51. The zero-order chi connectivity index (χ0) is 17.6. The zero-order valence-electron chi connectivity index (χ0n) is 13.9. The Labute approximate surface area is 143 Å². The minimum Gasteiger partial charge on any atom is -0.478 e. The van der Waals surface area contributed by atoms with E-state index < -0.39 is 5.97 Å². The number of H-pyrrole nitrogens is 1. The molecular weight excluding hydrogens is 322 g/mol. The van der Waals surface area contributed by atoms with Crippen LogP contribution in [0.5, 0.6) is 0 Å². The van der Waals surface area contributed by atoms with Gasteiger partial charge in [0.25, 0.3) is 5.56 Å². The molecule has 7 heteroatoms. The first-order chi connectivity index (χ1) is 12.1. The van der Waals surface area contributed by atoms with Gasteiger partial charge in [-0.15, -0.1) is 0 Å². The molecule has 130 valence electrons. The number of nitrogens with zero attached hydrogens (tertiary/aromatic N) is 2. The van der Waals surface area contributed by atoms with Crippen molar-refractivity contribution in [2.45, 2.75) is 32.2 Å². The highest BCUT2D eigenvalue weighted by Crippen LogP contribution is 2.30. The molecule has 4 rings (SSSR count). The molecule has 0 amide bonds. The van der Waals surface area contributed by atoms with E-state index in [1.807, 2.05) is 11.6 Å². The Morgan fingerprint density at radius 1 is 1.36 bits per heavy atom. The Morgan fingerprint density at radius 3 is 2.80 bits per heavy atom. The number of hydrogen-bond donors (Lipinski definition) is 2. The largest absolute Gasteiger partial charge is 0.478 e. The summed E-state index contributed by atoms with van der Waals surface area (Å²) in [6.07, 6.45) is 3.79. The summed E-state index contributed by atoms with van der Waals surface area (Å²) in [5, 5.41) is 15.2. The lowest BCUT2D eigenvalue weighted by Crippen LogP contribution is -2.21. The molecule has 0 bridgehead atoms. The molecule has 3 aromatic rings. The summed E-state index contributed by atoms with van der Waals surface area (Å²) in [5.41, 5.74) is 2.12. The molecule has 25 heavy (non-hydrogen) atoms. The number of pyridine rings is 1. The molecule has 0 unspecified atom stereocenters. The van der Waals surface area contributed by atoms with E-state index in [1.165, 1.54) is 0 Å². The highest BCUT2D eigenvalue weighted by atomic mass is 16.5. The van der Waals surface area contributed by atoms with E-state index in [4.69, 9.17) is 4.74 Å². The summed E-state index contributed by atoms with van der Waals surface area (Å²) in [6.45, 7) is 3.22. The number of nitrogens with one attached hydrogen (secondary N) is 1. The number of carboxylic acid groups (broad SMARTS) is 1. The number of carboxylic acids is 1. The molecule has 0 saturated carbocycles. The van der Waals surface area contributed by atoms with Crippen molar-refractivity contribution in [1.29, 1.82) is 0 Å². The fourth-order valence-electron chi connectivity index (χ4n) is 3.63. The molecule has 0 spiro atoms. The van der Waals surface area contributed by atoms with Gasteiger partial charge in [-0.1, -0.05) is 6.92 Å². The van der Waals surface area contributed by atoms with E-state index in [-0.39, 0.29) is 17.2 Å². The van der Waals surface area contributed by atoms with Crippen LogP contribution in [0.25, 0.3) is 21.8 Å². The van der Waals surface area contributed by atoms with Crippen molar-refractivity contribution in [2.24, 2.45) is 0 Å². The third-order valence-electron chi connectivity index (χ3n) is 4.93. The van der Waals surface area contributed by atoms with E-state index in [1.54, 1.807) is 18.3 Å². The Kier molecular flexibility index (Phi) is 3.80. The maximum atomic E-state index is 12.5. The summed E-state index contributed by atoms with van der Waals surface area (Å²) in [5.74, 6) is -0.963. The van der Waals surface area contributed by atoms with Crippen molar-refractivity contribution in [1.82, 2.24) is 14.8 Å². The number of aromatic carboxylic acids is 1. The van der Waals surface area contributed by atoms with Crippen LogP contribution >= 0.6 is 0 Å². The van der Waals surface area contributed by atoms with Gasteiger partial charge in [0.05, 0.1) is 34.2 Å². The topological polar surface area (TPSA) is 97.2 Å². The Hall–Kier alpha value is -2.67. The summed E-state index contributed by atoms with van der Waals surface area (Å²) in [6, 6.07) is 3.57. The maximum Gasteiger partial charge on any atom is 0.335 e. The number of aromatic amines is 1. The summed E-state index contributed by atoms with van der Waals surface area (Å²) in [7, 11) is 0. The van der Waals surface area contributed by atoms with Crippen LogP contribution in [0, 0.1) is 0 Å². The van der Waals surface area contributed by atoms with E-state index in [9.17, 15) is 14.7 Å². The monoisotopic (exact) mass is 341 g/mol. The molecule has 1 aliphatic heterocycles. The summed E-state index contributed by atoms with van der Waals surface area (Å²) >= 11 is 0. The standard InChI is InChI=1S/C18H19N3O4/c1-2-10-7-15-13(8-12(10)18(23)24)16-14(17(22)20-15)9-19-21(16)11-3-5-25-6-4-11/h7-9,11H,2-6H2,1H3,(H,20,22)(H,23,24). The second kappa shape index (κ2) is 6.00. The lowest BCUT2D eigenvalue weighted by molar-refractivity contribution is 0.0675. The van der Waals surface area contributed by atoms with Crippen LogP contribution in [0.3, 0.4) is 0 Å². The molecule has 0 aliphatic carbocycles. The van der Waals surface area contributed by atoms with Crippen LogP contribution < -0.4 is 5.56 Å². The molecule has 0 radical (unpaired) electrons. The molecule has 7 nitrogen and oxygen atoms in total. The normalized spacial score (nSPS) is 15.9. The average molecular weight is 341 g/mol. The van der Waals surface area contributed by atoms with Crippen molar-refractivity contribution in [3.8, 4) is 0 Å². The maximum absolute atomic E-state index is 12.5. The van der Waals surface area contributed by atoms with Crippen molar-refractivity contribution in [2.75, 3.05) is 13.2 Å². The van der Waals surface area contributed by atoms with Gasteiger partial charge in [-0.25, -0.2) is 4.79 Å². The summed E-state index contributed by atoms with van der Waals surface area (Å²) in [4.78, 5) is 27.0. The Balaban J connectivity index is 2.06. The van der Waals surface area contributed by atoms with Gasteiger partial charge < -0.3 is 14.8 Å². The van der Waals surface area contributed by atoms with Crippen molar-refractivity contribution < 1.29 is 14.6 Å². The number of carbonyl (C=O) groups is 1. The quantitative estimate of drug-likeness (QED) is 0.763. The van der Waals surface area contributed by atoms with Gasteiger partial charge in [0.15, 0.2) is 0 Å². The molecule has 0 atom stereocenters. The molecule has 1 fully saturated rings. The lowest BCUT2D eigenvalue weighted by Gasteiger charge is -2.23. The third-order valence-corrected chi connectivity index (χ3v) is 4.93. The minimum atomic E-state index is -0.963. The number of rotatable bonds is 3. The van der Waals surface area contributed by atoms with E-state index >= 15 is 0 Å². The van der Waals surface area contributed by atoms with Crippen LogP contribution in [0.1, 0.15) is 41.7 Å². The Bertz CT molecular complexity index is 1030. The molecule has 1 aromatic carbocycles. The number of aromatic nitrogens is 3. The first-order valence-corrected chi connectivity index (χ1v) is 8.47. The van der Waals surface area contributed by atoms with E-state index in [0.29, 0.717) is 47.0 Å². The van der Waals surface area contributed by atoms with Crippen molar-refractivity contribution in [3.05, 3.63) is 39.8 Å². The molecule has 1 aliphatic rings. The van der Waals surface area contributed by atoms with Gasteiger partial charge in [-0.3, -0.25) is 9.48 Å². The van der Waals surface area contributed by atoms with Gasteiger partial charge in [-0.2, -0.15) is 5.10 Å². The molecule has 3 heterocycles. The van der Waals surface area contributed by atoms with Gasteiger partial charge in [-0.05, 0) is 37.0 Å². The predicted octanol–water partition coefficient (Wildman–Crippen LogP) is 2.49. The van der Waals surface area contributed by atoms with Gasteiger partial charge in [0.1, 0.15) is 0 Å². The van der Waals surface area contributed by atoms with E-state index in [2.05, 4.69) is 10.1 Å². The smallest absolute Gasteiger partial charge is 0.335 e. The second-order valence-corrected chi connectivity index (χ2v) is 6.36. The number of aryl methyl sites for hydroxylation is 1. The number of benzene rings is 1. The number of hydrogen-bond acceptors (Lipinski definition) is 4. The van der Waals surface area contributed by atoms with Crippen LogP contribution in [0.4, 0.5) is 0 Å². The first kappa shape index (κ1) is 15.8. The minimum absolute atomic E-state index is 0.148. The molecule has 2 aromatic heterocycles. The molecule has 1 saturated heterocycles. The highest BCUT2D eigenvalue weighted by molar-refractivity contribution is 6.06. The van der Waals surface area contributed by atoms with Crippen LogP contribution in [-0.4, -0.2) is 39.1 Å². The van der Waals surface area contributed by atoms with Gasteiger partial charge in [0.2, 0.25) is 0 Å².